The molecule has 0 atom stereocenters. The Bertz CT molecular complexity index is 911. The maximum absolute atomic E-state index is 6.26. The minimum absolute atomic E-state index is 0.188. The van der Waals surface area contributed by atoms with Gasteiger partial charge in [-0.1, -0.05) is 18.2 Å². The van der Waals surface area contributed by atoms with Crippen LogP contribution in [0.5, 0.6) is 5.88 Å². The molecule has 2 aliphatic rings. The summed E-state index contributed by atoms with van der Waals surface area (Å²) in [5.74, 6) is 0.713. The predicted octanol–water partition coefficient (Wildman–Crippen LogP) is 3.91. The molecule has 1 aliphatic heterocycles. The van der Waals surface area contributed by atoms with Crippen molar-refractivity contribution < 1.29 is 9.47 Å². The highest BCUT2D eigenvalue weighted by molar-refractivity contribution is 5.95. The second kappa shape index (κ2) is 7.33. The van der Waals surface area contributed by atoms with E-state index in [-0.39, 0.29) is 6.10 Å². The Morgan fingerprint density at radius 1 is 0.889 bits per heavy atom. The molecule has 2 aromatic heterocycles. The molecule has 5 nitrogen and oxygen atoms in total. The molecule has 3 aromatic rings. The second-order valence-electron chi connectivity index (χ2n) is 7.52. The molecule has 27 heavy (non-hydrogen) atoms. The Morgan fingerprint density at radius 2 is 1.74 bits per heavy atom. The summed E-state index contributed by atoms with van der Waals surface area (Å²) in [6.45, 7) is 2.14. The van der Waals surface area contributed by atoms with Crippen LogP contribution in [0.15, 0.2) is 48.8 Å². The second-order valence-corrected chi connectivity index (χ2v) is 7.52. The molecule has 2 fully saturated rings. The maximum Gasteiger partial charge on any atom is 0.221 e. The quantitative estimate of drug-likeness (QED) is 0.722. The van der Waals surface area contributed by atoms with Gasteiger partial charge in [-0.3, -0.25) is 0 Å². The molecule has 3 heterocycles. The van der Waals surface area contributed by atoms with Crippen molar-refractivity contribution in [1.29, 1.82) is 0 Å². The number of aromatic amines is 1. The number of benzene rings is 1. The summed E-state index contributed by atoms with van der Waals surface area (Å²) in [5.41, 5.74) is 3.28. The number of fused-ring (bicyclic) bond motifs is 1. The summed E-state index contributed by atoms with van der Waals surface area (Å²) >= 11 is 0. The molecule has 5 heteroatoms. The topological polar surface area (TPSA) is 59.2 Å². The van der Waals surface area contributed by atoms with E-state index >= 15 is 0 Å². The Balaban J connectivity index is 1.28. The zero-order valence-electron chi connectivity index (χ0n) is 15.4. The SMILES string of the molecule is c1cnc(OC2CC(OC3CCNCC3)C2)c(-c2cccc3cc[nH]c23)c1. The van der Waals surface area contributed by atoms with Crippen molar-refractivity contribution >= 4 is 10.9 Å². The van der Waals surface area contributed by atoms with Crippen LogP contribution in [-0.2, 0) is 4.74 Å². The van der Waals surface area contributed by atoms with Crippen molar-refractivity contribution in [3.8, 4) is 17.0 Å². The van der Waals surface area contributed by atoms with E-state index in [4.69, 9.17) is 9.47 Å². The van der Waals surface area contributed by atoms with Crippen molar-refractivity contribution in [2.45, 2.75) is 44.0 Å². The van der Waals surface area contributed by atoms with E-state index in [1.54, 1.807) is 6.20 Å². The van der Waals surface area contributed by atoms with Crippen LogP contribution in [0.3, 0.4) is 0 Å². The molecule has 1 saturated heterocycles. The smallest absolute Gasteiger partial charge is 0.221 e. The van der Waals surface area contributed by atoms with E-state index in [9.17, 15) is 0 Å². The normalized spacial score (nSPS) is 23.3. The van der Waals surface area contributed by atoms with Crippen molar-refractivity contribution in [3.63, 3.8) is 0 Å². The number of rotatable bonds is 5. The lowest BCUT2D eigenvalue weighted by molar-refractivity contribution is -0.103. The number of hydrogen-bond acceptors (Lipinski definition) is 4. The average molecular weight is 363 g/mol. The zero-order valence-corrected chi connectivity index (χ0v) is 15.4. The number of nitrogens with zero attached hydrogens (tertiary/aromatic N) is 1. The summed E-state index contributed by atoms with van der Waals surface area (Å²) < 4.78 is 12.5. The van der Waals surface area contributed by atoms with E-state index in [1.165, 1.54) is 5.39 Å². The third-order valence-electron chi connectivity index (χ3n) is 5.65. The fourth-order valence-corrected chi connectivity index (χ4v) is 4.09. The molecule has 0 spiro atoms. The number of ether oxygens (including phenoxy) is 2. The largest absolute Gasteiger partial charge is 0.474 e. The summed E-state index contributed by atoms with van der Waals surface area (Å²) in [5, 5.41) is 4.58. The molecule has 140 valence electrons. The van der Waals surface area contributed by atoms with Crippen molar-refractivity contribution in [2.75, 3.05) is 13.1 Å². The number of piperidine rings is 1. The van der Waals surface area contributed by atoms with Gasteiger partial charge in [0.1, 0.15) is 6.10 Å². The molecule has 0 radical (unpaired) electrons. The predicted molar refractivity (Wildman–Crippen MR) is 106 cm³/mol. The highest BCUT2D eigenvalue weighted by Crippen LogP contribution is 2.36. The lowest BCUT2D eigenvalue weighted by Crippen LogP contribution is -2.43. The molecule has 0 amide bonds. The van der Waals surface area contributed by atoms with Crippen molar-refractivity contribution in [2.24, 2.45) is 0 Å². The van der Waals surface area contributed by atoms with Gasteiger partial charge in [0.25, 0.3) is 0 Å². The van der Waals surface area contributed by atoms with Gasteiger partial charge in [-0.25, -0.2) is 4.98 Å². The third kappa shape index (κ3) is 3.45. The highest BCUT2D eigenvalue weighted by Gasteiger charge is 2.34. The molecule has 1 aromatic carbocycles. The first-order valence-corrected chi connectivity index (χ1v) is 9.91. The first kappa shape index (κ1) is 16.8. The molecule has 2 N–H and O–H groups in total. The first-order chi connectivity index (χ1) is 13.4. The van der Waals surface area contributed by atoms with Crippen LogP contribution in [-0.4, -0.2) is 41.4 Å². The van der Waals surface area contributed by atoms with Gasteiger partial charge in [0.15, 0.2) is 0 Å². The standard InChI is InChI=1S/C22H25N3O2/c1-3-15-6-12-24-21(15)19(4-1)20-5-2-9-25-22(20)27-18-13-17(14-18)26-16-7-10-23-11-8-16/h1-6,9,12,16-18,23-24H,7-8,10-11,13-14H2. The number of aromatic nitrogens is 2. The molecule has 0 unspecified atom stereocenters. The molecule has 1 aliphatic carbocycles. The Morgan fingerprint density at radius 3 is 2.63 bits per heavy atom. The molecule has 0 bridgehead atoms. The van der Waals surface area contributed by atoms with Crippen molar-refractivity contribution in [1.82, 2.24) is 15.3 Å². The van der Waals surface area contributed by atoms with Crippen molar-refractivity contribution in [3.05, 3.63) is 48.8 Å². The van der Waals surface area contributed by atoms with Crippen LogP contribution in [0.4, 0.5) is 0 Å². The van der Waals surface area contributed by atoms with Gasteiger partial charge in [0, 0.05) is 36.4 Å². The van der Waals surface area contributed by atoms with Gasteiger partial charge in [-0.15, -0.1) is 0 Å². The fourth-order valence-electron chi connectivity index (χ4n) is 4.09. The molecular weight excluding hydrogens is 338 g/mol. The average Bonchev–Trinajstić information content (AvgIpc) is 3.16. The first-order valence-electron chi connectivity index (χ1n) is 9.91. The monoisotopic (exact) mass is 363 g/mol. The van der Waals surface area contributed by atoms with Gasteiger partial charge in [-0.2, -0.15) is 0 Å². The third-order valence-corrected chi connectivity index (χ3v) is 5.65. The lowest BCUT2D eigenvalue weighted by Gasteiger charge is -2.38. The van der Waals surface area contributed by atoms with E-state index in [1.807, 2.05) is 12.3 Å². The van der Waals surface area contributed by atoms with Crippen LogP contribution in [0, 0.1) is 0 Å². The number of para-hydroxylation sites is 1. The van der Waals surface area contributed by atoms with E-state index in [2.05, 4.69) is 45.6 Å². The van der Waals surface area contributed by atoms with Crippen LogP contribution in [0.1, 0.15) is 25.7 Å². The van der Waals surface area contributed by atoms with Crippen LogP contribution >= 0.6 is 0 Å². The number of hydrogen-bond donors (Lipinski definition) is 2. The minimum Gasteiger partial charge on any atom is -0.474 e. The number of nitrogens with one attached hydrogen (secondary N) is 2. The highest BCUT2D eigenvalue weighted by atomic mass is 16.5. The van der Waals surface area contributed by atoms with Gasteiger partial charge >= 0.3 is 0 Å². The summed E-state index contributed by atoms with van der Waals surface area (Å²) in [7, 11) is 0. The molecule has 1 saturated carbocycles. The Kier molecular flexibility index (Phi) is 4.56. The number of H-pyrrole nitrogens is 1. The van der Waals surface area contributed by atoms with E-state index in [0.29, 0.717) is 18.1 Å². The summed E-state index contributed by atoms with van der Waals surface area (Å²) in [4.78, 5) is 7.86. The minimum atomic E-state index is 0.188. The summed E-state index contributed by atoms with van der Waals surface area (Å²) in [6, 6.07) is 12.4. The van der Waals surface area contributed by atoms with Gasteiger partial charge in [-0.05, 0) is 49.5 Å². The Hall–Kier alpha value is -2.37. The number of pyridine rings is 1. The summed E-state index contributed by atoms with van der Waals surface area (Å²) in [6.07, 6.45) is 8.84. The van der Waals surface area contributed by atoms with Gasteiger partial charge in [0.2, 0.25) is 5.88 Å². The van der Waals surface area contributed by atoms with Crippen LogP contribution in [0.2, 0.25) is 0 Å². The van der Waals surface area contributed by atoms with E-state index < -0.39 is 0 Å². The fraction of sp³-hybridized carbons (Fsp3) is 0.409. The van der Waals surface area contributed by atoms with Gasteiger partial charge < -0.3 is 19.8 Å². The molecule has 5 rings (SSSR count). The lowest BCUT2D eigenvalue weighted by atomic mass is 9.91. The van der Waals surface area contributed by atoms with Crippen LogP contribution < -0.4 is 10.1 Å². The maximum atomic E-state index is 6.26. The van der Waals surface area contributed by atoms with Gasteiger partial charge in [0.05, 0.1) is 17.7 Å². The van der Waals surface area contributed by atoms with Crippen LogP contribution in [0.25, 0.3) is 22.0 Å². The molecular formula is C22H25N3O2. The van der Waals surface area contributed by atoms with E-state index in [0.717, 1.165) is 55.4 Å². The zero-order chi connectivity index (χ0) is 18.1. The Labute approximate surface area is 159 Å².